The van der Waals surface area contributed by atoms with Crippen LogP contribution < -0.4 is 5.32 Å². The number of hydrogen-bond acceptors (Lipinski definition) is 3. The van der Waals surface area contributed by atoms with Gasteiger partial charge in [0.25, 0.3) is 5.91 Å². The van der Waals surface area contributed by atoms with Gasteiger partial charge in [0.15, 0.2) is 0 Å². The van der Waals surface area contributed by atoms with Crippen LogP contribution in [-0.4, -0.2) is 10.3 Å². The zero-order chi connectivity index (χ0) is 13.3. The Balaban J connectivity index is 2.28. The molecule has 1 aromatic carbocycles. The molecule has 0 atom stereocenters. The van der Waals surface area contributed by atoms with E-state index in [1.54, 1.807) is 12.3 Å². The Bertz CT molecular complexity index is 617. The van der Waals surface area contributed by atoms with Crippen LogP contribution in [-0.2, 0) is 0 Å². The Kier molecular flexibility index (Phi) is 3.99. The fraction of sp³-hybridized carbons (Fsp3) is 0.0909. The summed E-state index contributed by atoms with van der Waals surface area (Å²) < 4.78 is 17.6. The SMILES string of the molecule is Cc1nscc1C(=O)Nc1cc(F)c(Br)cc1Cl. The van der Waals surface area contributed by atoms with Crippen LogP contribution in [0.1, 0.15) is 16.1 Å². The predicted molar refractivity (Wildman–Crippen MR) is 73.9 cm³/mol. The van der Waals surface area contributed by atoms with Gasteiger partial charge in [-0.3, -0.25) is 4.79 Å². The average molecular weight is 350 g/mol. The van der Waals surface area contributed by atoms with Crippen molar-refractivity contribution in [2.75, 3.05) is 5.32 Å². The fourth-order valence-electron chi connectivity index (χ4n) is 1.32. The van der Waals surface area contributed by atoms with Crippen molar-refractivity contribution in [3.05, 3.63) is 44.1 Å². The van der Waals surface area contributed by atoms with E-state index in [1.807, 2.05) is 0 Å². The molecular weight excluding hydrogens is 343 g/mol. The van der Waals surface area contributed by atoms with Gasteiger partial charge in [0.2, 0.25) is 0 Å². The molecule has 0 aliphatic heterocycles. The molecule has 2 rings (SSSR count). The second-order valence-electron chi connectivity index (χ2n) is 3.51. The minimum absolute atomic E-state index is 0.230. The number of carbonyl (C=O) groups excluding carboxylic acids is 1. The first-order valence-electron chi connectivity index (χ1n) is 4.86. The first-order chi connectivity index (χ1) is 8.49. The number of hydrogen-bond donors (Lipinski definition) is 1. The number of anilines is 1. The van der Waals surface area contributed by atoms with E-state index in [1.165, 1.54) is 23.7 Å². The number of carbonyl (C=O) groups is 1. The van der Waals surface area contributed by atoms with Crippen LogP contribution in [0.2, 0.25) is 5.02 Å². The van der Waals surface area contributed by atoms with Gasteiger partial charge in [-0.25, -0.2) is 4.39 Å². The Hall–Kier alpha value is -0.980. The number of benzene rings is 1. The van der Waals surface area contributed by atoms with Gasteiger partial charge in [-0.2, -0.15) is 4.37 Å². The standard InChI is InChI=1S/C11H7BrClFN2OS/c1-5-6(4-18-16-5)11(17)15-10-3-9(14)7(12)2-8(10)13/h2-4H,1H3,(H,15,17). The molecule has 0 unspecified atom stereocenters. The summed E-state index contributed by atoms with van der Waals surface area (Å²) in [7, 11) is 0. The van der Waals surface area contributed by atoms with Crippen LogP contribution in [0.3, 0.4) is 0 Å². The summed E-state index contributed by atoms with van der Waals surface area (Å²) in [6.07, 6.45) is 0. The third-order valence-corrected chi connectivity index (χ3v) is 3.89. The lowest BCUT2D eigenvalue weighted by Crippen LogP contribution is -2.12. The Labute approximate surface area is 120 Å². The highest BCUT2D eigenvalue weighted by Crippen LogP contribution is 2.29. The summed E-state index contributed by atoms with van der Waals surface area (Å²) in [6, 6.07) is 2.56. The van der Waals surface area contributed by atoms with E-state index in [2.05, 4.69) is 25.6 Å². The molecule has 0 saturated carbocycles. The number of aromatic nitrogens is 1. The maximum Gasteiger partial charge on any atom is 0.258 e. The summed E-state index contributed by atoms with van der Waals surface area (Å²) in [5.74, 6) is -0.847. The molecule has 1 N–H and O–H groups in total. The van der Waals surface area contributed by atoms with E-state index < -0.39 is 5.82 Å². The van der Waals surface area contributed by atoms with Crippen molar-refractivity contribution in [2.24, 2.45) is 0 Å². The van der Waals surface area contributed by atoms with E-state index >= 15 is 0 Å². The lowest BCUT2D eigenvalue weighted by Gasteiger charge is -2.07. The Morgan fingerprint density at radius 3 is 2.89 bits per heavy atom. The summed E-state index contributed by atoms with van der Waals surface area (Å²) in [5.41, 5.74) is 1.32. The number of halogens is 3. The molecule has 1 amide bonds. The predicted octanol–water partition coefficient (Wildman–Crippen LogP) is 4.26. The number of amides is 1. The molecule has 1 heterocycles. The summed E-state index contributed by atoms with van der Waals surface area (Å²) in [5, 5.41) is 4.45. The molecule has 94 valence electrons. The molecule has 2 aromatic rings. The smallest absolute Gasteiger partial charge is 0.258 e. The first-order valence-corrected chi connectivity index (χ1v) is 6.86. The molecule has 0 fully saturated rings. The summed E-state index contributed by atoms with van der Waals surface area (Å²) in [6.45, 7) is 1.73. The van der Waals surface area contributed by atoms with Gasteiger partial charge in [-0.15, -0.1) is 0 Å². The summed E-state index contributed by atoms with van der Waals surface area (Å²) >= 11 is 10.1. The van der Waals surface area contributed by atoms with Crippen LogP contribution in [0.25, 0.3) is 0 Å². The van der Waals surface area contributed by atoms with Gasteiger partial charge >= 0.3 is 0 Å². The fourth-order valence-corrected chi connectivity index (χ4v) is 2.70. The van der Waals surface area contributed by atoms with Crippen LogP contribution in [0.5, 0.6) is 0 Å². The number of nitrogens with one attached hydrogen (secondary N) is 1. The van der Waals surface area contributed by atoms with Gasteiger partial charge in [0.1, 0.15) is 5.82 Å². The maximum atomic E-state index is 13.4. The van der Waals surface area contributed by atoms with Crippen LogP contribution in [0, 0.1) is 12.7 Å². The van der Waals surface area contributed by atoms with Crippen LogP contribution in [0.4, 0.5) is 10.1 Å². The second-order valence-corrected chi connectivity index (χ2v) is 5.40. The Morgan fingerprint density at radius 2 is 2.28 bits per heavy atom. The van der Waals surface area contributed by atoms with E-state index in [0.29, 0.717) is 11.3 Å². The molecule has 0 aliphatic rings. The monoisotopic (exact) mass is 348 g/mol. The van der Waals surface area contributed by atoms with Gasteiger partial charge in [-0.1, -0.05) is 11.6 Å². The number of nitrogens with zero attached hydrogens (tertiary/aromatic N) is 1. The Morgan fingerprint density at radius 1 is 1.56 bits per heavy atom. The van der Waals surface area contributed by atoms with Crippen molar-refractivity contribution in [1.29, 1.82) is 0 Å². The molecule has 0 aliphatic carbocycles. The molecular formula is C11H7BrClFN2OS. The topological polar surface area (TPSA) is 42.0 Å². The van der Waals surface area contributed by atoms with Crippen molar-refractivity contribution in [1.82, 2.24) is 4.37 Å². The zero-order valence-corrected chi connectivity index (χ0v) is 12.3. The normalized spacial score (nSPS) is 10.4. The van der Waals surface area contributed by atoms with Gasteiger partial charge in [0.05, 0.1) is 26.4 Å². The molecule has 18 heavy (non-hydrogen) atoms. The van der Waals surface area contributed by atoms with Crippen molar-refractivity contribution in [3.8, 4) is 0 Å². The molecule has 0 bridgehead atoms. The zero-order valence-electron chi connectivity index (χ0n) is 9.13. The van der Waals surface area contributed by atoms with Gasteiger partial charge in [-0.05, 0) is 40.5 Å². The van der Waals surface area contributed by atoms with Crippen LogP contribution >= 0.6 is 39.1 Å². The third kappa shape index (κ3) is 2.71. The van der Waals surface area contributed by atoms with Gasteiger partial charge in [0, 0.05) is 11.4 Å². The van der Waals surface area contributed by atoms with E-state index in [0.717, 1.165) is 0 Å². The molecule has 3 nitrogen and oxygen atoms in total. The highest BCUT2D eigenvalue weighted by molar-refractivity contribution is 9.10. The average Bonchev–Trinajstić information content (AvgIpc) is 2.72. The highest BCUT2D eigenvalue weighted by Gasteiger charge is 2.14. The lowest BCUT2D eigenvalue weighted by molar-refractivity contribution is 0.102. The summed E-state index contributed by atoms with van der Waals surface area (Å²) in [4.78, 5) is 11.9. The molecule has 0 saturated heterocycles. The number of aryl methyl sites for hydroxylation is 1. The van der Waals surface area contributed by atoms with Crippen molar-refractivity contribution >= 4 is 50.7 Å². The lowest BCUT2D eigenvalue weighted by atomic mass is 10.2. The molecule has 0 radical (unpaired) electrons. The van der Waals surface area contributed by atoms with E-state index in [-0.39, 0.29) is 21.1 Å². The number of rotatable bonds is 2. The third-order valence-electron chi connectivity index (χ3n) is 2.25. The van der Waals surface area contributed by atoms with E-state index in [9.17, 15) is 9.18 Å². The quantitative estimate of drug-likeness (QED) is 0.823. The minimum Gasteiger partial charge on any atom is -0.320 e. The van der Waals surface area contributed by atoms with Gasteiger partial charge < -0.3 is 5.32 Å². The van der Waals surface area contributed by atoms with E-state index in [4.69, 9.17) is 11.6 Å². The highest BCUT2D eigenvalue weighted by atomic mass is 79.9. The molecule has 1 aromatic heterocycles. The second kappa shape index (κ2) is 5.34. The van der Waals surface area contributed by atoms with Crippen molar-refractivity contribution in [3.63, 3.8) is 0 Å². The maximum absolute atomic E-state index is 13.4. The molecule has 7 heteroatoms. The molecule has 0 spiro atoms. The van der Waals surface area contributed by atoms with Crippen LogP contribution in [0.15, 0.2) is 22.0 Å². The largest absolute Gasteiger partial charge is 0.320 e. The minimum atomic E-state index is -0.491. The van der Waals surface area contributed by atoms with Crippen molar-refractivity contribution in [2.45, 2.75) is 6.92 Å². The first kappa shape index (κ1) is 13.5. The van der Waals surface area contributed by atoms with Crippen molar-refractivity contribution < 1.29 is 9.18 Å².